The van der Waals surface area contributed by atoms with Crippen LogP contribution in [0.2, 0.25) is 0 Å². The number of hydrogen-bond acceptors (Lipinski definition) is 3. The maximum absolute atomic E-state index is 12.5. The van der Waals surface area contributed by atoms with Gasteiger partial charge in [-0.1, -0.05) is 0 Å². The van der Waals surface area contributed by atoms with Crippen molar-refractivity contribution in [3.05, 3.63) is 0 Å². The van der Waals surface area contributed by atoms with Crippen LogP contribution in [0.1, 0.15) is 0 Å². The second kappa shape index (κ2) is 2.64. The molecule has 0 aromatic carbocycles. The molecule has 0 saturated carbocycles. The van der Waals surface area contributed by atoms with Crippen LogP contribution in [0, 0.1) is 0 Å². The van der Waals surface area contributed by atoms with Gasteiger partial charge in [0, 0.05) is 10.7 Å². The van der Waals surface area contributed by atoms with Gasteiger partial charge in [-0.15, -0.1) is 0 Å². The van der Waals surface area contributed by atoms with E-state index in [-0.39, 0.29) is 13.2 Å². The Hall–Kier alpha value is 0.130. The molecule has 0 N–H and O–H groups in total. The molecule has 1 aliphatic heterocycles. The van der Waals surface area contributed by atoms with E-state index in [1.165, 1.54) is 0 Å². The summed E-state index contributed by atoms with van der Waals surface area (Å²) in [4.78, 5) is 0. The number of halogens is 2. The van der Waals surface area contributed by atoms with Crippen molar-refractivity contribution in [3.8, 4) is 0 Å². The molecule has 1 fully saturated rings. The second-order valence-corrected chi connectivity index (χ2v) is 4.91. The zero-order chi connectivity index (χ0) is 7.78. The summed E-state index contributed by atoms with van der Waals surface area (Å²) in [7, 11) is 1.11. The topological polar surface area (TPSA) is 43.4 Å². The first-order chi connectivity index (χ1) is 4.52. The van der Waals surface area contributed by atoms with E-state index >= 15 is 0 Å². The predicted molar refractivity (Wildman–Crippen MR) is 34.3 cm³/mol. The fourth-order valence-corrected chi connectivity index (χ4v) is 1.95. The first kappa shape index (κ1) is 8.23. The summed E-state index contributed by atoms with van der Waals surface area (Å²) in [5.74, 6) is 0. The van der Waals surface area contributed by atoms with Gasteiger partial charge >= 0.3 is 0 Å². The second-order valence-electron chi connectivity index (χ2n) is 2.07. The Morgan fingerprint density at radius 2 is 2.10 bits per heavy atom. The molecule has 1 rings (SSSR count). The molecule has 2 atom stereocenters. The SMILES string of the molecule is O=S(=O)(Cl)[C@@H]1COC[C@@H]1F. The molecule has 60 valence electrons. The largest absolute Gasteiger partial charge is 0.377 e. The summed E-state index contributed by atoms with van der Waals surface area (Å²) in [6.45, 7) is -0.302. The van der Waals surface area contributed by atoms with Crippen molar-refractivity contribution in [1.82, 2.24) is 0 Å². The lowest BCUT2D eigenvalue weighted by Crippen LogP contribution is -2.25. The lowest BCUT2D eigenvalue weighted by molar-refractivity contribution is 0.173. The summed E-state index contributed by atoms with van der Waals surface area (Å²) < 4.78 is 38.0. The van der Waals surface area contributed by atoms with Gasteiger partial charge in [0.15, 0.2) is 0 Å². The molecule has 0 aromatic heterocycles. The molecule has 1 saturated heterocycles. The van der Waals surface area contributed by atoms with Gasteiger partial charge in [0.25, 0.3) is 0 Å². The number of alkyl halides is 1. The van der Waals surface area contributed by atoms with Crippen molar-refractivity contribution in [2.75, 3.05) is 13.2 Å². The minimum Gasteiger partial charge on any atom is -0.377 e. The van der Waals surface area contributed by atoms with E-state index in [1.807, 2.05) is 0 Å². The minimum absolute atomic E-state index is 0.132. The first-order valence-electron chi connectivity index (χ1n) is 2.67. The summed E-state index contributed by atoms with van der Waals surface area (Å²) >= 11 is 0. The normalized spacial score (nSPS) is 34.6. The maximum Gasteiger partial charge on any atom is 0.240 e. The van der Waals surface area contributed by atoms with E-state index in [0.717, 1.165) is 0 Å². The smallest absolute Gasteiger partial charge is 0.240 e. The van der Waals surface area contributed by atoms with Crippen LogP contribution in [0.4, 0.5) is 4.39 Å². The van der Waals surface area contributed by atoms with Crippen LogP contribution < -0.4 is 0 Å². The fraction of sp³-hybridized carbons (Fsp3) is 1.00. The van der Waals surface area contributed by atoms with Crippen LogP contribution >= 0.6 is 10.7 Å². The van der Waals surface area contributed by atoms with Crippen LogP contribution in [0.3, 0.4) is 0 Å². The van der Waals surface area contributed by atoms with Crippen molar-refractivity contribution in [2.24, 2.45) is 0 Å². The summed E-state index contributed by atoms with van der Waals surface area (Å²) in [5, 5.41) is -1.17. The van der Waals surface area contributed by atoms with Crippen LogP contribution in [0.5, 0.6) is 0 Å². The standard InChI is InChI=1S/C4H6ClFO3S/c5-10(7,8)4-2-9-1-3(4)6/h3-4H,1-2H2/t3-,4+/m0/s1. The van der Waals surface area contributed by atoms with Crippen molar-refractivity contribution in [3.63, 3.8) is 0 Å². The third-order valence-corrected chi connectivity index (χ3v) is 3.17. The first-order valence-corrected chi connectivity index (χ1v) is 5.04. The van der Waals surface area contributed by atoms with Gasteiger partial charge in [-0.25, -0.2) is 12.8 Å². The van der Waals surface area contributed by atoms with Crippen molar-refractivity contribution < 1.29 is 17.5 Å². The molecule has 0 aromatic rings. The highest BCUT2D eigenvalue weighted by Gasteiger charge is 2.37. The van der Waals surface area contributed by atoms with Gasteiger partial charge < -0.3 is 4.74 Å². The van der Waals surface area contributed by atoms with Gasteiger partial charge in [0.05, 0.1) is 13.2 Å². The van der Waals surface area contributed by atoms with Gasteiger partial charge in [-0.2, -0.15) is 0 Å². The molecule has 10 heavy (non-hydrogen) atoms. The molecule has 1 heterocycles. The highest BCUT2D eigenvalue weighted by Crippen LogP contribution is 2.20. The molecular formula is C4H6ClFO3S. The van der Waals surface area contributed by atoms with Crippen LogP contribution in [0.25, 0.3) is 0 Å². The third kappa shape index (κ3) is 1.59. The third-order valence-electron chi connectivity index (χ3n) is 1.32. The highest BCUT2D eigenvalue weighted by atomic mass is 35.7. The molecule has 0 bridgehead atoms. The zero-order valence-electron chi connectivity index (χ0n) is 4.96. The molecular weight excluding hydrogens is 183 g/mol. The zero-order valence-corrected chi connectivity index (χ0v) is 6.53. The maximum atomic E-state index is 12.5. The quantitative estimate of drug-likeness (QED) is 0.556. The molecule has 0 radical (unpaired) electrons. The summed E-state index contributed by atoms with van der Waals surface area (Å²) in [6.07, 6.45) is -1.47. The Kier molecular flexibility index (Phi) is 2.17. The van der Waals surface area contributed by atoms with E-state index in [0.29, 0.717) is 0 Å². The minimum atomic E-state index is -3.78. The Morgan fingerprint density at radius 3 is 2.30 bits per heavy atom. The number of ether oxygens (including phenoxy) is 1. The van der Waals surface area contributed by atoms with Gasteiger partial charge in [-0.05, 0) is 0 Å². The van der Waals surface area contributed by atoms with Crippen LogP contribution in [-0.2, 0) is 13.8 Å². The highest BCUT2D eigenvalue weighted by molar-refractivity contribution is 8.14. The predicted octanol–water partition coefficient (Wildman–Crippen LogP) is 0.292. The van der Waals surface area contributed by atoms with E-state index in [2.05, 4.69) is 4.74 Å². The Bertz CT molecular complexity index is 215. The monoisotopic (exact) mass is 188 g/mol. The molecule has 1 aliphatic rings. The number of rotatable bonds is 1. The molecule has 0 aliphatic carbocycles. The van der Waals surface area contributed by atoms with E-state index < -0.39 is 20.5 Å². The van der Waals surface area contributed by atoms with Crippen molar-refractivity contribution >= 4 is 19.7 Å². The van der Waals surface area contributed by atoms with Crippen molar-refractivity contribution in [2.45, 2.75) is 11.4 Å². The van der Waals surface area contributed by atoms with Gasteiger partial charge in [0.2, 0.25) is 9.05 Å². The molecule has 0 unspecified atom stereocenters. The van der Waals surface area contributed by atoms with E-state index in [4.69, 9.17) is 10.7 Å². The lowest BCUT2D eigenvalue weighted by Gasteiger charge is -2.03. The van der Waals surface area contributed by atoms with Crippen molar-refractivity contribution in [1.29, 1.82) is 0 Å². The Balaban J connectivity index is 2.74. The molecule has 0 amide bonds. The van der Waals surface area contributed by atoms with E-state index in [9.17, 15) is 12.8 Å². The lowest BCUT2D eigenvalue weighted by atomic mass is 10.3. The molecule has 3 nitrogen and oxygen atoms in total. The van der Waals surface area contributed by atoms with Gasteiger partial charge in [0.1, 0.15) is 11.4 Å². The molecule has 0 spiro atoms. The van der Waals surface area contributed by atoms with Gasteiger partial charge in [-0.3, -0.25) is 0 Å². The average molecular weight is 189 g/mol. The van der Waals surface area contributed by atoms with Crippen LogP contribution in [-0.4, -0.2) is 33.1 Å². The summed E-state index contributed by atoms with van der Waals surface area (Å²) in [5.41, 5.74) is 0. The average Bonchev–Trinajstić information content (AvgIpc) is 2.11. The summed E-state index contributed by atoms with van der Waals surface area (Å²) in [6, 6.07) is 0. The Labute approximate surface area is 62.5 Å². The Morgan fingerprint density at radius 1 is 1.50 bits per heavy atom. The van der Waals surface area contributed by atoms with E-state index in [1.54, 1.807) is 0 Å². The fourth-order valence-electron chi connectivity index (χ4n) is 0.766. The number of hydrogen-bond donors (Lipinski definition) is 0. The van der Waals surface area contributed by atoms with Crippen LogP contribution in [0.15, 0.2) is 0 Å². The molecule has 6 heteroatoms.